The maximum absolute atomic E-state index is 5.60. The van der Waals surface area contributed by atoms with E-state index >= 15 is 0 Å². The van der Waals surface area contributed by atoms with Gasteiger partial charge in [-0.2, -0.15) is 0 Å². The second-order valence-electron chi connectivity index (χ2n) is 4.39. The monoisotopic (exact) mass is 257 g/mol. The number of aryl methyl sites for hydroxylation is 1. The quantitative estimate of drug-likeness (QED) is 0.894. The van der Waals surface area contributed by atoms with E-state index in [1.807, 2.05) is 37.3 Å². The minimum atomic E-state index is 0.354. The van der Waals surface area contributed by atoms with Crippen LogP contribution in [0.4, 0.5) is 0 Å². The normalized spacial score (nSPS) is 10.5. The molecular formula is C15H19N3O. The first kappa shape index (κ1) is 13.5. The highest BCUT2D eigenvalue weighted by molar-refractivity contribution is 5.60. The predicted octanol–water partition coefficient (Wildman–Crippen LogP) is 2.70. The first-order chi connectivity index (χ1) is 9.22. The summed E-state index contributed by atoms with van der Waals surface area (Å²) in [6, 6.07) is 9.90. The van der Waals surface area contributed by atoms with Gasteiger partial charge in [0.05, 0.1) is 18.8 Å². The summed E-state index contributed by atoms with van der Waals surface area (Å²) in [6.07, 6.45) is 1.01. The zero-order valence-electron chi connectivity index (χ0n) is 11.4. The van der Waals surface area contributed by atoms with Crippen LogP contribution in [0.1, 0.15) is 24.9 Å². The Morgan fingerprint density at radius 1 is 1.16 bits per heavy atom. The van der Waals surface area contributed by atoms with E-state index in [1.54, 1.807) is 0 Å². The molecule has 0 aliphatic rings. The van der Waals surface area contributed by atoms with Crippen molar-refractivity contribution in [3.63, 3.8) is 0 Å². The molecule has 2 N–H and O–H groups in total. The third-order valence-electron chi connectivity index (χ3n) is 2.71. The van der Waals surface area contributed by atoms with Crippen LogP contribution in [0.15, 0.2) is 30.3 Å². The van der Waals surface area contributed by atoms with Gasteiger partial charge >= 0.3 is 0 Å². The lowest BCUT2D eigenvalue weighted by Gasteiger charge is -2.07. The minimum absolute atomic E-state index is 0.354. The van der Waals surface area contributed by atoms with Gasteiger partial charge in [0.15, 0.2) is 0 Å². The zero-order valence-corrected chi connectivity index (χ0v) is 11.4. The van der Waals surface area contributed by atoms with Crippen molar-refractivity contribution in [1.82, 2.24) is 9.97 Å². The zero-order chi connectivity index (χ0) is 13.7. The Hall–Kier alpha value is -1.94. The Balaban J connectivity index is 2.24. The topological polar surface area (TPSA) is 61.0 Å². The van der Waals surface area contributed by atoms with Gasteiger partial charge in [0.1, 0.15) is 11.6 Å². The molecule has 1 aromatic heterocycles. The molecule has 19 heavy (non-hydrogen) atoms. The standard InChI is InChI=1S/C15H19N3O/c1-3-8-19-13-6-4-12(5-7-13)14-9-11(2)17-15(10-16)18-14/h4-7,9H,3,8,10,16H2,1-2H3. The lowest BCUT2D eigenvalue weighted by atomic mass is 10.1. The van der Waals surface area contributed by atoms with Crippen LogP contribution in [0, 0.1) is 6.92 Å². The molecule has 2 aromatic rings. The molecule has 0 saturated carbocycles. The van der Waals surface area contributed by atoms with E-state index in [9.17, 15) is 0 Å². The number of ether oxygens (including phenoxy) is 1. The van der Waals surface area contributed by atoms with Gasteiger partial charge in [-0.3, -0.25) is 0 Å². The lowest BCUT2D eigenvalue weighted by molar-refractivity contribution is 0.317. The highest BCUT2D eigenvalue weighted by Crippen LogP contribution is 2.21. The van der Waals surface area contributed by atoms with E-state index in [-0.39, 0.29) is 0 Å². The van der Waals surface area contributed by atoms with Crippen LogP contribution in [0.25, 0.3) is 11.3 Å². The molecule has 4 nitrogen and oxygen atoms in total. The van der Waals surface area contributed by atoms with Gasteiger partial charge in [0.2, 0.25) is 0 Å². The van der Waals surface area contributed by atoms with E-state index in [0.717, 1.165) is 35.7 Å². The number of nitrogens with two attached hydrogens (primary N) is 1. The molecule has 1 aromatic carbocycles. The van der Waals surface area contributed by atoms with Crippen molar-refractivity contribution >= 4 is 0 Å². The van der Waals surface area contributed by atoms with Crippen molar-refractivity contribution in [3.05, 3.63) is 41.9 Å². The van der Waals surface area contributed by atoms with Crippen molar-refractivity contribution in [3.8, 4) is 17.0 Å². The van der Waals surface area contributed by atoms with Crippen molar-refractivity contribution in [2.45, 2.75) is 26.8 Å². The molecule has 0 unspecified atom stereocenters. The first-order valence-corrected chi connectivity index (χ1v) is 6.50. The van der Waals surface area contributed by atoms with Crippen LogP contribution in [-0.4, -0.2) is 16.6 Å². The molecule has 0 saturated heterocycles. The maximum Gasteiger partial charge on any atom is 0.142 e. The largest absolute Gasteiger partial charge is 0.494 e. The Bertz CT molecular complexity index is 538. The predicted molar refractivity (Wildman–Crippen MR) is 75.9 cm³/mol. The van der Waals surface area contributed by atoms with E-state index in [4.69, 9.17) is 10.5 Å². The highest BCUT2D eigenvalue weighted by Gasteiger charge is 2.04. The molecule has 0 spiro atoms. The number of aromatic nitrogens is 2. The molecule has 0 radical (unpaired) electrons. The summed E-state index contributed by atoms with van der Waals surface area (Å²) in [4.78, 5) is 8.71. The number of nitrogens with zero attached hydrogens (tertiary/aromatic N) is 2. The van der Waals surface area contributed by atoms with Gasteiger partial charge in [-0.05, 0) is 43.7 Å². The van der Waals surface area contributed by atoms with Crippen LogP contribution in [0.3, 0.4) is 0 Å². The molecule has 1 heterocycles. The van der Waals surface area contributed by atoms with Gasteiger partial charge in [0.25, 0.3) is 0 Å². The summed E-state index contributed by atoms with van der Waals surface area (Å²) in [7, 11) is 0. The molecule has 0 amide bonds. The van der Waals surface area contributed by atoms with Crippen LogP contribution >= 0.6 is 0 Å². The first-order valence-electron chi connectivity index (χ1n) is 6.50. The number of rotatable bonds is 5. The smallest absolute Gasteiger partial charge is 0.142 e. The third-order valence-corrected chi connectivity index (χ3v) is 2.71. The van der Waals surface area contributed by atoms with E-state index < -0.39 is 0 Å². The van der Waals surface area contributed by atoms with Gasteiger partial charge < -0.3 is 10.5 Å². The number of hydrogen-bond donors (Lipinski definition) is 1. The molecule has 0 fully saturated rings. The molecule has 0 aliphatic carbocycles. The Labute approximate surface area is 113 Å². The minimum Gasteiger partial charge on any atom is -0.494 e. The summed E-state index contributed by atoms with van der Waals surface area (Å²) in [5.41, 5.74) is 8.47. The fourth-order valence-electron chi connectivity index (χ4n) is 1.81. The summed E-state index contributed by atoms with van der Waals surface area (Å²) < 4.78 is 5.56. The third kappa shape index (κ3) is 3.51. The van der Waals surface area contributed by atoms with Crippen molar-refractivity contribution in [2.75, 3.05) is 6.61 Å². The van der Waals surface area contributed by atoms with E-state index in [1.165, 1.54) is 0 Å². The number of benzene rings is 1. The van der Waals surface area contributed by atoms with Gasteiger partial charge in [-0.25, -0.2) is 9.97 Å². The van der Waals surface area contributed by atoms with Crippen molar-refractivity contribution in [1.29, 1.82) is 0 Å². The van der Waals surface area contributed by atoms with Gasteiger partial charge in [0, 0.05) is 11.3 Å². The molecule has 0 atom stereocenters. The lowest BCUT2D eigenvalue weighted by Crippen LogP contribution is -2.05. The maximum atomic E-state index is 5.60. The van der Waals surface area contributed by atoms with Crippen LogP contribution < -0.4 is 10.5 Å². The van der Waals surface area contributed by atoms with Crippen molar-refractivity contribution in [2.24, 2.45) is 5.73 Å². The second kappa shape index (κ2) is 6.29. The highest BCUT2D eigenvalue weighted by atomic mass is 16.5. The average Bonchev–Trinajstić information content (AvgIpc) is 2.45. The van der Waals surface area contributed by atoms with Crippen LogP contribution in [0.2, 0.25) is 0 Å². The summed E-state index contributed by atoms with van der Waals surface area (Å²) in [6.45, 7) is 5.13. The second-order valence-corrected chi connectivity index (χ2v) is 4.39. The van der Waals surface area contributed by atoms with Gasteiger partial charge in [-0.1, -0.05) is 6.92 Å². The van der Waals surface area contributed by atoms with Gasteiger partial charge in [-0.15, -0.1) is 0 Å². The van der Waals surface area contributed by atoms with Crippen LogP contribution in [-0.2, 0) is 6.54 Å². The summed E-state index contributed by atoms with van der Waals surface area (Å²) in [5.74, 6) is 1.55. The fraction of sp³-hybridized carbons (Fsp3) is 0.333. The Morgan fingerprint density at radius 2 is 1.89 bits per heavy atom. The Kier molecular flexibility index (Phi) is 4.47. The SMILES string of the molecule is CCCOc1ccc(-c2cc(C)nc(CN)n2)cc1. The summed E-state index contributed by atoms with van der Waals surface area (Å²) in [5, 5.41) is 0. The molecular weight excluding hydrogens is 238 g/mol. The molecule has 0 bridgehead atoms. The molecule has 4 heteroatoms. The number of hydrogen-bond acceptors (Lipinski definition) is 4. The Morgan fingerprint density at radius 3 is 2.53 bits per heavy atom. The van der Waals surface area contributed by atoms with E-state index in [0.29, 0.717) is 12.4 Å². The molecule has 100 valence electrons. The fourth-order valence-corrected chi connectivity index (χ4v) is 1.81. The van der Waals surface area contributed by atoms with E-state index in [2.05, 4.69) is 16.9 Å². The molecule has 2 rings (SSSR count). The average molecular weight is 257 g/mol. The molecule has 0 aliphatic heterocycles. The van der Waals surface area contributed by atoms with Crippen LogP contribution in [0.5, 0.6) is 5.75 Å². The van der Waals surface area contributed by atoms with Crippen molar-refractivity contribution < 1.29 is 4.74 Å². The summed E-state index contributed by atoms with van der Waals surface area (Å²) >= 11 is 0.